The Labute approximate surface area is 192 Å². The SMILES string of the molecule is CCc1cc2nc(N)c3cnn(C)c3c2cc1C(=O)N1CCCN1c1ccc(C(F)(F)F)cn1. The van der Waals surface area contributed by atoms with Crippen LogP contribution >= 0.6 is 0 Å². The number of nitrogens with two attached hydrogens (primary N) is 1. The first-order valence-corrected chi connectivity index (χ1v) is 10.9. The Bertz CT molecular complexity index is 1410. The topological polar surface area (TPSA) is 93.2 Å². The third-order valence-corrected chi connectivity index (χ3v) is 6.15. The molecule has 1 aliphatic rings. The van der Waals surface area contributed by atoms with Crippen molar-refractivity contribution in [3.63, 3.8) is 0 Å². The number of amides is 1. The highest BCUT2D eigenvalue weighted by molar-refractivity contribution is 6.10. The van der Waals surface area contributed by atoms with E-state index < -0.39 is 11.7 Å². The van der Waals surface area contributed by atoms with Crippen molar-refractivity contribution in [2.75, 3.05) is 23.8 Å². The van der Waals surface area contributed by atoms with Crippen LogP contribution in [0, 0.1) is 0 Å². The second-order valence-electron chi connectivity index (χ2n) is 8.22. The summed E-state index contributed by atoms with van der Waals surface area (Å²) in [6, 6.07) is 5.94. The molecule has 0 saturated carbocycles. The number of rotatable bonds is 3. The maximum absolute atomic E-state index is 13.7. The van der Waals surface area contributed by atoms with Gasteiger partial charge in [-0.15, -0.1) is 0 Å². The van der Waals surface area contributed by atoms with Crippen molar-refractivity contribution in [1.29, 1.82) is 0 Å². The molecule has 0 spiro atoms. The van der Waals surface area contributed by atoms with Gasteiger partial charge in [0.1, 0.15) is 11.6 Å². The number of alkyl halides is 3. The summed E-state index contributed by atoms with van der Waals surface area (Å²) in [7, 11) is 1.80. The van der Waals surface area contributed by atoms with E-state index in [0.717, 1.165) is 28.7 Å². The molecular formula is C23H22F3N7O. The minimum atomic E-state index is -4.47. The van der Waals surface area contributed by atoms with Crippen LogP contribution in [0.4, 0.5) is 24.8 Å². The Kier molecular flexibility index (Phi) is 5.07. The second-order valence-corrected chi connectivity index (χ2v) is 8.22. The van der Waals surface area contributed by atoms with Gasteiger partial charge in [0.15, 0.2) is 0 Å². The Hall–Kier alpha value is -3.89. The Morgan fingerprint density at radius 3 is 2.62 bits per heavy atom. The second kappa shape index (κ2) is 7.86. The molecule has 34 heavy (non-hydrogen) atoms. The normalized spacial score (nSPS) is 14.5. The van der Waals surface area contributed by atoms with Gasteiger partial charge < -0.3 is 5.73 Å². The lowest BCUT2D eigenvalue weighted by atomic mass is 9.99. The van der Waals surface area contributed by atoms with E-state index in [1.165, 1.54) is 6.07 Å². The highest BCUT2D eigenvalue weighted by atomic mass is 19.4. The van der Waals surface area contributed by atoms with Crippen LogP contribution in [-0.4, -0.2) is 43.8 Å². The quantitative estimate of drug-likeness (QED) is 0.489. The molecule has 1 aliphatic heterocycles. The van der Waals surface area contributed by atoms with E-state index in [1.54, 1.807) is 27.9 Å². The average molecular weight is 469 g/mol. The van der Waals surface area contributed by atoms with Crippen LogP contribution in [0.1, 0.15) is 34.8 Å². The van der Waals surface area contributed by atoms with Gasteiger partial charge in [0, 0.05) is 37.3 Å². The summed E-state index contributed by atoms with van der Waals surface area (Å²) in [5, 5.41) is 8.91. The molecule has 0 aliphatic carbocycles. The standard InChI is InChI=1S/C23H22F3N7O/c1-3-13-9-18-16(20-17(21(27)30-18)12-29-31(20)2)10-15(13)22(34)33-8-4-7-32(33)19-6-5-14(11-28-19)23(24,25)26/h5-6,9-12H,3-4,7-8H2,1-2H3,(H2,27,30). The number of hydrogen-bond donors (Lipinski definition) is 1. The van der Waals surface area contributed by atoms with E-state index in [0.29, 0.717) is 54.0 Å². The van der Waals surface area contributed by atoms with Crippen molar-refractivity contribution in [2.24, 2.45) is 7.05 Å². The largest absolute Gasteiger partial charge is 0.417 e. The van der Waals surface area contributed by atoms with E-state index in [9.17, 15) is 18.0 Å². The smallest absolute Gasteiger partial charge is 0.383 e. The number of nitrogens with zero attached hydrogens (tertiary/aromatic N) is 6. The van der Waals surface area contributed by atoms with Crippen LogP contribution < -0.4 is 10.7 Å². The minimum absolute atomic E-state index is 0.245. The molecule has 1 aromatic carbocycles. The average Bonchev–Trinajstić information content (AvgIpc) is 3.45. The van der Waals surface area contributed by atoms with Crippen molar-refractivity contribution >= 4 is 39.3 Å². The van der Waals surface area contributed by atoms with E-state index in [2.05, 4.69) is 15.1 Å². The van der Waals surface area contributed by atoms with Crippen LogP contribution in [0.2, 0.25) is 0 Å². The summed E-state index contributed by atoms with van der Waals surface area (Å²) < 4.78 is 40.5. The zero-order valence-electron chi connectivity index (χ0n) is 18.6. The molecule has 5 rings (SSSR count). The molecule has 1 saturated heterocycles. The number of halogens is 3. The van der Waals surface area contributed by atoms with E-state index in [4.69, 9.17) is 5.73 Å². The number of anilines is 2. The summed E-state index contributed by atoms with van der Waals surface area (Å²) in [5.74, 6) is 0.419. The van der Waals surface area contributed by atoms with Crippen LogP contribution in [0.25, 0.3) is 21.8 Å². The van der Waals surface area contributed by atoms with Crippen LogP contribution in [-0.2, 0) is 19.6 Å². The number of pyridine rings is 2. The monoisotopic (exact) mass is 469 g/mol. The first-order valence-electron chi connectivity index (χ1n) is 10.9. The number of aromatic nitrogens is 4. The summed E-state index contributed by atoms with van der Waals surface area (Å²) in [4.78, 5) is 22.2. The van der Waals surface area contributed by atoms with Crippen molar-refractivity contribution < 1.29 is 18.0 Å². The predicted octanol–water partition coefficient (Wildman–Crippen LogP) is 3.95. The molecule has 4 aromatic rings. The maximum atomic E-state index is 13.7. The van der Waals surface area contributed by atoms with Gasteiger partial charge >= 0.3 is 6.18 Å². The van der Waals surface area contributed by atoms with E-state index in [1.807, 2.05) is 19.1 Å². The van der Waals surface area contributed by atoms with E-state index in [-0.39, 0.29) is 5.91 Å². The van der Waals surface area contributed by atoms with Gasteiger partial charge in [-0.05, 0) is 42.7 Å². The molecule has 11 heteroatoms. The summed E-state index contributed by atoms with van der Waals surface area (Å²) >= 11 is 0. The van der Waals surface area contributed by atoms with Gasteiger partial charge in [-0.25, -0.2) is 15.0 Å². The van der Waals surface area contributed by atoms with Gasteiger partial charge in [-0.3, -0.25) is 14.5 Å². The molecule has 0 radical (unpaired) electrons. The number of carbonyl (C=O) groups excluding carboxylic acids is 1. The molecule has 0 bridgehead atoms. The number of fused-ring (bicyclic) bond motifs is 3. The first kappa shape index (κ1) is 21.9. The number of aryl methyl sites for hydroxylation is 2. The lowest BCUT2D eigenvalue weighted by Gasteiger charge is -2.29. The van der Waals surface area contributed by atoms with Gasteiger partial charge in [0.2, 0.25) is 0 Å². The van der Waals surface area contributed by atoms with Crippen molar-refractivity contribution in [2.45, 2.75) is 25.9 Å². The first-order chi connectivity index (χ1) is 16.2. The fourth-order valence-corrected chi connectivity index (χ4v) is 4.45. The Morgan fingerprint density at radius 2 is 1.94 bits per heavy atom. The van der Waals surface area contributed by atoms with Gasteiger partial charge in [-0.1, -0.05) is 6.92 Å². The fourth-order valence-electron chi connectivity index (χ4n) is 4.45. The van der Waals surface area contributed by atoms with Crippen molar-refractivity contribution in [3.05, 3.63) is 53.3 Å². The molecule has 2 N–H and O–H groups in total. The summed E-state index contributed by atoms with van der Waals surface area (Å²) in [5.41, 5.74) is 8.05. The van der Waals surface area contributed by atoms with Gasteiger partial charge in [0.25, 0.3) is 5.91 Å². The minimum Gasteiger partial charge on any atom is -0.383 e. The van der Waals surface area contributed by atoms with Crippen molar-refractivity contribution in [1.82, 2.24) is 24.8 Å². The van der Waals surface area contributed by atoms with Crippen LogP contribution in [0.3, 0.4) is 0 Å². The molecule has 176 valence electrons. The molecule has 1 fully saturated rings. The zero-order chi connectivity index (χ0) is 24.2. The number of benzene rings is 1. The van der Waals surface area contributed by atoms with Gasteiger partial charge in [-0.2, -0.15) is 18.3 Å². The fraction of sp³-hybridized carbons (Fsp3) is 0.304. The Morgan fingerprint density at radius 1 is 1.15 bits per heavy atom. The molecular weight excluding hydrogens is 447 g/mol. The highest BCUT2D eigenvalue weighted by Gasteiger charge is 2.33. The van der Waals surface area contributed by atoms with Crippen molar-refractivity contribution in [3.8, 4) is 0 Å². The number of hydrazine groups is 1. The summed E-state index contributed by atoms with van der Waals surface area (Å²) in [6.45, 7) is 2.86. The molecule has 8 nitrogen and oxygen atoms in total. The maximum Gasteiger partial charge on any atom is 0.417 e. The van der Waals surface area contributed by atoms with Crippen LogP contribution in [0.15, 0.2) is 36.7 Å². The lowest BCUT2D eigenvalue weighted by Crippen LogP contribution is -2.42. The van der Waals surface area contributed by atoms with Gasteiger partial charge in [0.05, 0.1) is 28.2 Å². The molecule has 3 aromatic heterocycles. The van der Waals surface area contributed by atoms with Crippen LogP contribution in [0.5, 0.6) is 0 Å². The molecule has 4 heterocycles. The zero-order valence-corrected chi connectivity index (χ0v) is 18.6. The third kappa shape index (κ3) is 3.47. The number of carbonyl (C=O) groups is 1. The number of nitrogen functional groups attached to an aromatic ring is 1. The Balaban J connectivity index is 1.57. The summed E-state index contributed by atoms with van der Waals surface area (Å²) in [6.07, 6.45) is -0.770. The molecule has 0 unspecified atom stereocenters. The predicted molar refractivity (Wildman–Crippen MR) is 122 cm³/mol. The third-order valence-electron chi connectivity index (χ3n) is 6.15. The highest BCUT2D eigenvalue weighted by Crippen LogP contribution is 2.33. The molecule has 1 amide bonds. The lowest BCUT2D eigenvalue weighted by molar-refractivity contribution is -0.137. The molecule has 0 atom stereocenters. The number of hydrogen-bond acceptors (Lipinski definition) is 6. The van der Waals surface area contributed by atoms with E-state index >= 15 is 0 Å².